The number of hydrogen-bond donors (Lipinski definition) is 1. The van der Waals surface area contributed by atoms with Crippen LogP contribution in [0.25, 0.3) is 0 Å². The van der Waals surface area contributed by atoms with Crippen molar-refractivity contribution < 1.29 is 23.9 Å². The second-order valence-electron chi connectivity index (χ2n) is 20.1. The molecular weight excluding hydrogens is 797 g/mol. The van der Waals surface area contributed by atoms with Gasteiger partial charge in [0, 0.05) is 67.8 Å². The first kappa shape index (κ1) is 39.6. The summed E-state index contributed by atoms with van der Waals surface area (Å²) in [5.74, 6) is 1.79. The quantitative estimate of drug-likeness (QED) is 0.156. The molecule has 5 aliphatic heterocycles. The van der Waals surface area contributed by atoms with E-state index in [1.165, 1.54) is 59.2 Å². The Morgan fingerprint density at radius 2 is 1.45 bits per heavy atom. The molecule has 2 spiro atoms. The molecule has 9 nitrogen and oxygen atoms in total. The van der Waals surface area contributed by atoms with Crippen LogP contribution in [0.3, 0.4) is 0 Å². The first-order valence-electron chi connectivity index (χ1n) is 23.7. The summed E-state index contributed by atoms with van der Waals surface area (Å²) in [5, 5.41) is 2.40. The molecule has 326 valence electrons. The number of fused-ring (bicyclic) bond motifs is 3. The Kier molecular flexibility index (Phi) is 9.69. The minimum atomic E-state index is -0.604. The molecule has 7 aliphatic rings. The number of nitrogens with one attached hydrogen (secondary N) is 1. The van der Waals surface area contributed by atoms with E-state index in [-0.39, 0.29) is 29.7 Å². The van der Waals surface area contributed by atoms with Gasteiger partial charge < -0.3 is 19.3 Å². The number of hydrogen-bond acceptors (Lipinski definition) is 7. The number of nitrogens with zero attached hydrogens (tertiary/aromatic N) is 3. The highest BCUT2D eigenvalue weighted by Gasteiger charge is 2.53. The summed E-state index contributed by atoms with van der Waals surface area (Å²) in [4.78, 5) is 44.6. The van der Waals surface area contributed by atoms with Crippen molar-refractivity contribution in [3.63, 3.8) is 0 Å². The van der Waals surface area contributed by atoms with Crippen molar-refractivity contribution in [3.05, 3.63) is 160 Å². The van der Waals surface area contributed by atoms with Crippen molar-refractivity contribution in [3.8, 4) is 11.5 Å². The summed E-state index contributed by atoms with van der Waals surface area (Å²) in [5.41, 5.74) is 11.1. The fourth-order valence-electron chi connectivity index (χ4n) is 12.6. The topological polar surface area (TPSA) is 91.4 Å². The highest BCUT2D eigenvalue weighted by molar-refractivity contribution is 6.05. The fraction of sp³-hybridized carbons (Fsp3) is 0.400. The highest BCUT2D eigenvalue weighted by atomic mass is 16.5. The monoisotopic (exact) mass is 852 g/mol. The first-order chi connectivity index (χ1) is 31.3. The number of aryl methyl sites for hydroxylation is 2. The van der Waals surface area contributed by atoms with E-state index in [9.17, 15) is 14.4 Å². The van der Waals surface area contributed by atoms with Crippen LogP contribution < -0.4 is 19.7 Å². The summed E-state index contributed by atoms with van der Waals surface area (Å²) in [6.07, 6.45) is 9.66. The molecule has 3 amide bonds. The Bertz CT molecular complexity index is 2610. The van der Waals surface area contributed by atoms with Crippen molar-refractivity contribution in [2.45, 2.75) is 107 Å². The molecule has 1 saturated carbocycles. The number of benzene rings is 5. The fourth-order valence-corrected chi connectivity index (χ4v) is 12.6. The molecule has 3 atom stereocenters. The Morgan fingerprint density at radius 1 is 0.688 bits per heavy atom. The predicted octanol–water partition coefficient (Wildman–Crippen LogP) is 8.72. The number of amides is 3. The number of ether oxygens (including phenoxy) is 2. The van der Waals surface area contributed by atoms with Crippen molar-refractivity contribution in [1.29, 1.82) is 0 Å². The smallest absolute Gasteiger partial charge is 0.255 e. The maximum atomic E-state index is 13.4. The zero-order chi connectivity index (χ0) is 43.0. The van der Waals surface area contributed by atoms with Crippen molar-refractivity contribution >= 4 is 23.4 Å². The minimum Gasteiger partial charge on any atom is -0.489 e. The van der Waals surface area contributed by atoms with Gasteiger partial charge in [-0.3, -0.25) is 24.6 Å². The van der Waals surface area contributed by atoms with Crippen LogP contribution in [0.5, 0.6) is 11.5 Å². The Morgan fingerprint density at radius 3 is 2.22 bits per heavy atom. The van der Waals surface area contributed by atoms with E-state index in [1.807, 2.05) is 18.2 Å². The van der Waals surface area contributed by atoms with Crippen LogP contribution in [-0.4, -0.2) is 71.4 Å². The molecule has 2 aliphatic carbocycles. The average molecular weight is 853 g/mol. The van der Waals surface area contributed by atoms with Crippen LogP contribution in [-0.2, 0) is 35.6 Å². The van der Waals surface area contributed by atoms with Crippen molar-refractivity contribution in [1.82, 2.24) is 15.1 Å². The maximum Gasteiger partial charge on any atom is 0.255 e. The van der Waals surface area contributed by atoms with E-state index in [2.05, 4.69) is 112 Å². The van der Waals surface area contributed by atoms with Gasteiger partial charge in [-0.15, -0.1) is 0 Å². The van der Waals surface area contributed by atoms with Crippen molar-refractivity contribution in [2.75, 3.05) is 31.1 Å². The predicted molar refractivity (Wildman–Crippen MR) is 246 cm³/mol. The van der Waals surface area contributed by atoms with Gasteiger partial charge in [0.1, 0.15) is 29.7 Å². The van der Waals surface area contributed by atoms with Crippen LogP contribution in [0.2, 0.25) is 0 Å². The van der Waals surface area contributed by atoms with Gasteiger partial charge >= 0.3 is 0 Å². The van der Waals surface area contributed by atoms with Crippen molar-refractivity contribution in [2.24, 2.45) is 5.41 Å². The Labute approximate surface area is 375 Å². The number of likely N-dealkylation sites (tertiary alicyclic amines) is 1. The van der Waals surface area contributed by atoms with E-state index in [4.69, 9.17) is 9.47 Å². The molecule has 0 bridgehead atoms. The molecular formula is C55H56N4O5. The lowest BCUT2D eigenvalue weighted by molar-refractivity contribution is -0.136. The van der Waals surface area contributed by atoms with E-state index in [0.29, 0.717) is 48.4 Å². The van der Waals surface area contributed by atoms with Crippen LogP contribution >= 0.6 is 0 Å². The maximum absolute atomic E-state index is 13.4. The third kappa shape index (κ3) is 7.07. The van der Waals surface area contributed by atoms with Crippen LogP contribution in [0.1, 0.15) is 113 Å². The lowest BCUT2D eigenvalue weighted by Crippen LogP contribution is -2.69. The first-order valence-corrected chi connectivity index (χ1v) is 23.7. The molecule has 1 unspecified atom stereocenters. The Hall–Kier alpha value is -5.93. The van der Waals surface area contributed by atoms with E-state index >= 15 is 0 Å². The van der Waals surface area contributed by atoms with Gasteiger partial charge in [0.2, 0.25) is 11.8 Å². The highest BCUT2D eigenvalue weighted by Crippen LogP contribution is 2.51. The van der Waals surface area contributed by atoms with Gasteiger partial charge in [-0.1, -0.05) is 78.9 Å². The second-order valence-corrected chi connectivity index (χ2v) is 20.1. The van der Waals surface area contributed by atoms with Crippen LogP contribution in [0.4, 0.5) is 5.69 Å². The van der Waals surface area contributed by atoms with Gasteiger partial charge in [0.25, 0.3) is 5.91 Å². The molecule has 64 heavy (non-hydrogen) atoms. The summed E-state index contributed by atoms with van der Waals surface area (Å²) < 4.78 is 13.1. The summed E-state index contributed by atoms with van der Waals surface area (Å²) >= 11 is 0. The number of carbonyl (C=O) groups excluding carboxylic acids is 3. The SMILES string of the molecule is O=C1CCC(N2Cc3cc4c(cc3C2=O)CCC2(CN(C3CCC5(CC3)CN(c3ccc([C@@H]6c7ccc(OCc8ccccc8)cc7CC[C@@H]6c6ccccc6)cc3)C5)C2)O4)C(=O)N1. The lowest BCUT2D eigenvalue weighted by atomic mass is 9.66. The molecule has 5 heterocycles. The van der Waals surface area contributed by atoms with E-state index < -0.39 is 6.04 Å². The molecule has 0 aromatic heterocycles. The summed E-state index contributed by atoms with van der Waals surface area (Å²) in [6.45, 7) is 5.15. The van der Waals surface area contributed by atoms with Crippen LogP contribution in [0.15, 0.2) is 115 Å². The normalized spacial score (nSPS) is 24.6. The van der Waals surface area contributed by atoms with E-state index in [0.717, 1.165) is 74.5 Å². The second kappa shape index (κ2) is 15.7. The molecule has 5 aromatic rings. The summed E-state index contributed by atoms with van der Waals surface area (Å²) in [6, 6.07) is 41.9. The molecule has 4 fully saturated rings. The Balaban J connectivity index is 0.660. The van der Waals surface area contributed by atoms with Gasteiger partial charge in [-0.2, -0.15) is 0 Å². The number of imide groups is 1. The average Bonchev–Trinajstić information content (AvgIpc) is 3.62. The lowest BCUT2D eigenvalue weighted by Gasteiger charge is -2.59. The molecule has 0 radical (unpaired) electrons. The third-order valence-electron chi connectivity index (χ3n) is 16.1. The van der Waals surface area contributed by atoms with Gasteiger partial charge in [-0.05, 0) is 139 Å². The van der Waals surface area contributed by atoms with Crippen LogP contribution in [0, 0.1) is 5.41 Å². The number of piperidine rings is 1. The zero-order valence-corrected chi connectivity index (χ0v) is 36.5. The zero-order valence-electron chi connectivity index (χ0n) is 36.5. The third-order valence-corrected chi connectivity index (χ3v) is 16.1. The molecule has 1 N–H and O–H groups in total. The van der Waals surface area contributed by atoms with E-state index in [1.54, 1.807) is 4.90 Å². The number of rotatable bonds is 8. The largest absolute Gasteiger partial charge is 0.489 e. The molecule has 9 heteroatoms. The van der Waals surface area contributed by atoms with Gasteiger partial charge in [-0.25, -0.2) is 0 Å². The van der Waals surface area contributed by atoms with Gasteiger partial charge in [0.05, 0.1) is 0 Å². The number of anilines is 1. The molecule has 12 rings (SSSR count). The number of carbonyl (C=O) groups is 3. The molecule has 3 saturated heterocycles. The summed E-state index contributed by atoms with van der Waals surface area (Å²) in [7, 11) is 0. The minimum absolute atomic E-state index is 0.121. The van der Waals surface area contributed by atoms with Gasteiger partial charge in [0.15, 0.2) is 0 Å². The standard InChI is InChI=1S/C55H56N4O5/c60-50-20-19-48(52(61)56-50)59-30-41-29-49-40(28-47(41)53(59)62)21-26-55(64-49)34-58(35-55)43-22-24-54(25-23-43)32-57(33-54)42-14-11-38(12-15-42)51-45(37-9-5-2-6-10-37)17-13-39-27-44(16-18-46(39)51)63-31-36-7-3-1-4-8-36/h1-12,14-16,18,27-29,43,45,48,51H,13,17,19-26,30-35H2,(H,56,60,61)/t45-,48?,51+/m1/s1. The molecule has 5 aromatic carbocycles.